The second-order valence-electron chi connectivity index (χ2n) is 21.1. The van der Waals surface area contributed by atoms with Gasteiger partial charge in [0.25, 0.3) is 0 Å². The summed E-state index contributed by atoms with van der Waals surface area (Å²) in [4.78, 5) is 13.1. The van der Waals surface area contributed by atoms with Crippen molar-refractivity contribution >= 4 is 5.91 Å². The second kappa shape index (κ2) is 51.6. The highest BCUT2D eigenvalue weighted by Gasteiger charge is 2.44. The number of aliphatic hydroxyl groups excluding tert-OH is 5. The van der Waals surface area contributed by atoms with Gasteiger partial charge in [-0.25, -0.2) is 0 Å². The van der Waals surface area contributed by atoms with Gasteiger partial charge in [0.2, 0.25) is 5.91 Å². The van der Waals surface area contributed by atoms with Crippen LogP contribution in [0.2, 0.25) is 0 Å². The zero-order chi connectivity index (χ0) is 51.5. The summed E-state index contributed by atoms with van der Waals surface area (Å²) in [6, 6.07) is -0.826. The Morgan fingerprint density at radius 1 is 0.479 bits per heavy atom. The fraction of sp³-hybridized carbons (Fsp3) is 0.855. The molecule has 0 aromatic rings. The molecule has 0 saturated carbocycles. The average molecular weight is 1000 g/mol. The van der Waals surface area contributed by atoms with Crippen molar-refractivity contribution in [2.45, 2.75) is 326 Å². The topological polar surface area (TPSA) is 149 Å². The van der Waals surface area contributed by atoms with E-state index < -0.39 is 49.5 Å². The summed E-state index contributed by atoms with van der Waals surface area (Å²) in [6.07, 6.45) is 61.9. The van der Waals surface area contributed by atoms with Crippen molar-refractivity contribution < 1.29 is 39.8 Å². The molecule has 6 N–H and O–H groups in total. The minimum Gasteiger partial charge on any atom is -0.394 e. The van der Waals surface area contributed by atoms with Crippen LogP contribution in [0.5, 0.6) is 0 Å². The molecule has 71 heavy (non-hydrogen) atoms. The number of carbonyl (C=O) groups is 1. The highest BCUT2D eigenvalue weighted by atomic mass is 16.7. The summed E-state index contributed by atoms with van der Waals surface area (Å²) in [5.41, 5.74) is 0. The Morgan fingerprint density at radius 2 is 0.845 bits per heavy atom. The SMILES string of the molecule is CCCCCCC/C=C\C/C=C\CCCCCCCCCCCC(=O)NC(COC1OC(CO)C(O)C(O)C1O)C(O)/C=C/CC/C=C/CCCCCCCCCCCCCCCCCCCCCCC. The standard InChI is InChI=1S/C62H115NO8/c1-3-5-7-9-11-13-15-17-19-21-23-25-26-27-28-29-30-32-33-35-37-39-41-43-45-47-49-51-56(65)55(54-70-62-61(69)60(68)59(67)57(53-64)71-62)63-58(66)52-50-48-46-44-42-40-38-36-34-31-24-22-20-18-16-14-12-10-8-6-4-2/h16,18,22,24,41,43,49,51,55-57,59-62,64-65,67-69H,3-15,17,19-21,23,25-40,42,44-48,50,52-54H2,1-2H3,(H,63,66)/b18-16-,24-22-,43-41+,51-49+. The fourth-order valence-corrected chi connectivity index (χ4v) is 9.56. The van der Waals surface area contributed by atoms with E-state index in [2.05, 4.69) is 55.6 Å². The van der Waals surface area contributed by atoms with Crippen LogP contribution >= 0.6 is 0 Å². The smallest absolute Gasteiger partial charge is 0.220 e. The lowest BCUT2D eigenvalue weighted by molar-refractivity contribution is -0.302. The molecule has 1 aliphatic rings. The predicted molar refractivity (Wildman–Crippen MR) is 299 cm³/mol. The zero-order valence-corrected chi connectivity index (χ0v) is 46.2. The van der Waals surface area contributed by atoms with E-state index in [4.69, 9.17) is 9.47 Å². The number of allylic oxidation sites excluding steroid dienone is 7. The largest absolute Gasteiger partial charge is 0.394 e. The first-order chi connectivity index (χ1) is 34.8. The van der Waals surface area contributed by atoms with E-state index in [1.165, 1.54) is 212 Å². The van der Waals surface area contributed by atoms with Crippen LogP contribution in [0.15, 0.2) is 48.6 Å². The van der Waals surface area contributed by atoms with Gasteiger partial charge in [0.15, 0.2) is 6.29 Å². The Hall–Kier alpha value is -1.85. The van der Waals surface area contributed by atoms with Gasteiger partial charge in [-0.05, 0) is 64.2 Å². The summed E-state index contributed by atoms with van der Waals surface area (Å²) < 4.78 is 11.3. The summed E-state index contributed by atoms with van der Waals surface area (Å²) in [5, 5.41) is 54.5. The molecule has 0 aromatic carbocycles. The minimum absolute atomic E-state index is 0.189. The first kappa shape index (κ1) is 67.2. The van der Waals surface area contributed by atoms with E-state index in [1.807, 2.05) is 6.08 Å². The summed E-state index contributed by atoms with van der Waals surface area (Å²) in [5.74, 6) is -0.189. The van der Waals surface area contributed by atoms with Gasteiger partial charge in [-0.2, -0.15) is 0 Å². The average Bonchev–Trinajstić information content (AvgIpc) is 3.37. The Kier molecular flexibility index (Phi) is 48.8. The fourth-order valence-electron chi connectivity index (χ4n) is 9.56. The number of hydrogen-bond acceptors (Lipinski definition) is 8. The van der Waals surface area contributed by atoms with Gasteiger partial charge in [-0.15, -0.1) is 0 Å². The Morgan fingerprint density at radius 3 is 1.27 bits per heavy atom. The zero-order valence-electron chi connectivity index (χ0n) is 46.2. The van der Waals surface area contributed by atoms with E-state index in [-0.39, 0.29) is 12.5 Å². The van der Waals surface area contributed by atoms with Crippen LogP contribution in [0.25, 0.3) is 0 Å². The van der Waals surface area contributed by atoms with Gasteiger partial charge >= 0.3 is 0 Å². The van der Waals surface area contributed by atoms with E-state index >= 15 is 0 Å². The normalized spacial score (nSPS) is 19.6. The van der Waals surface area contributed by atoms with Crippen molar-refractivity contribution in [3.63, 3.8) is 0 Å². The van der Waals surface area contributed by atoms with Crippen molar-refractivity contribution in [1.29, 1.82) is 0 Å². The highest BCUT2D eigenvalue weighted by molar-refractivity contribution is 5.76. The van der Waals surface area contributed by atoms with Gasteiger partial charge in [0, 0.05) is 6.42 Å². The van der Waals surface area contributed by atoms with Gasteiger partial charge in [-0.3, -0.25) is 4.79 Å². The van der Waals surface area contributed by atoms with Crippen LogP contribution in [0.3, 0.4) is 0 Å². The van der Waals surface area contributed by atoms with E-state index in [0.717, 1.165) is 51.4 Å². The van der Waals surface area contributed by atoms with Crippen LogP contribution in [-0.4, -0.2) is 87.5 Å². The maximum atomic E-state index is 13.1. The summed E-state index contributed by atoms with van der Waals surface area (Å²) in [7, 11) is 0. The summed E-state index contributed by atoms with van der Waals surface area (Å²) in [6.45, 7) is 3.78. The number of carbonyl (C=O) groups excluding carboxylic acids is 1. The molecule has 0 spiro atoms. The maximum Gasteiger partial charge on any atom is 0.220 e. The van der Waals surface area contributed by atoms with Gasteiger partial charge in [0.1, 0.15) is 24.4 Å². The molecule has 1 amide bonds. The number of unbranched alkanes of at least 4 members (excludes halogenated alkanes) is 36. The predicted octanol–water partition coefficient (Wildman–Crippen LogP) is 15.3. The molecule has 1 heterocycles. The van der Waals surface area contributed by atoms with Crippen LogP contribution in [0.4, 0.5) is 0 Å². The van der Waals surface area contributed by atoms with Crippen molar-refractivity contribution in [2.75, 3.05) is 13.2 Å². The highest BCUT2D eigenvalue weighted by Crippen LogP contribution is 2.23. The van der Waals surface area contributed by atoms with Crippen molar-refractivity contribution in [2.24, 2.45) is 0 Å². The van der Waals surface area contributed by atoms with Crippen LogP contribution in [-0.2, 0) is 14.3 Å². The third kappa shape index (κ3) is 41.1. The number of amides is 1. The van der Waals surface area contributed by atoms with Crippen LogP contribution in [0, 0.1) is 0 Å². The molecule has 7 unspecified atom stereocenters. The maximum absolute atomic E-state index is 13.1. The number of aliphatic hydroxyl groups is 5. The lowest BCUT2D eigenvalue weighted by Crippen LogP contribution is -2.60. The Labute approximate surface area is 437 Å². The molecule has 1 saturated heterocycles. The molecule has 9 nitrogen and oxygen atoms in total. The third-order valence-electron chi connectivity index (χ3n) is 14.4. The van der Waals surface area contributed by atoms with Crippen LogP contribution < -0.4 is 5.32 Å². The van der Waals surface area contributed by atoms with Gasteiger partial charge in [-0.1, -0.05) is 262 Å². The second-order valence-corrected chi connectivity index (χ2v) is 21.1. The lowest BCUT2D eigenvalue weighted by atomic mass is 9.99. The molecule has 0 aliphatic carbocycles. The van der Waals surface area contributed by atoms with Crippen molar-refractivity contribution in [3.05, 3.63) is 48.6 Å². The number of rotatable bonds is 52. The number of hydrogen-bond donors (Lipinski definition) is 6. The van der Waals surface area contributed by atoms with Crippen molar-refractivity contribution in [3.8, 4) is 0 Å². The van der Waals surface area contributed by atoms with Gasteiger partial charge < -0.3 is 40.3 Å². The van der Waals surface area contributed by atoms with Crippen molar-refractivity contribution in [1.82, 2.24) is 5.32 Å². The first-order valence-electron chi connectivity index (χ1n) is 30.4. The molecule has 1 rings (SSSR count). The molecule has 7 atom stereocenters. The molecule has 0 bridgehead atoms. The molecule has 1 fully saturated rings. The molecule has 9 heteroatoms. The Balaban J connectivity index is 2.23. The van der Waals surface area contributed by atoms with Gasteiger partial charge in [0.05, 0.1) is 25.4 Å². The monoisotopic (exact) mass is 1000 g/mol. The number of nitrogens with one attached hydrogen (secondary N) is 1. The van der Waals surface area contributed by atoms with E-state index in [1.54, 1.807) is 6.08 Å². The molecule has 0 radical (unpaired) electrons. The molecule has 0 aromatic heterocycles. The van der Waals surface area contributed by atoms with E-state index in [9.17, 15) is 30.3 Å². The lowest BCUT2D eigenvalue weighted by Gasteiger charge is -2.40. The Bertz CT molecular complexity index is 1250. The molecular weight excluding hydrogens is 887 g/mol. The molecule has 1 aliphatic heterocycles. The van der Waals surface area contributed by atoms with E-state index in [0.29, 0.717) is 6.42 Å². The quantitative estimate of drug-likeness (QED) is 0.0261. The minimum atomic E-state index is -1.57. The number of ether oxygens (including phenoxy) is 2. The third-order valence-corrected chi connectivity index (χ3v) is 14.4. The summed E-state index contributed by atoms with van der Waals surface area (Å²) >= 11 is 0. The molecule has 416 valence electrons. The van der Waals surface area contributed by atoms with Crippen LogP contribution in [0.1, 0.15) is 284 Å². The first-order valence-corrected chi connectivity index (χ1v) is 30.4. The molecular formula is C62H115NO8.